The van der Waals surface area contributed by atoms with Gasteiger partial charge in [0.15, 0.2) is 0 Å². The summed E-state index contributed by atoms with van der Waals surface area (Å²) >= 11 is 0. The van der Waals surface area contributed by atoms with E-state index < -0.39 is 29.4 Å². The van der Waals surface area contributed by atoms with Gasteiger partial charge in [-0.15, -0.1) is 0 Å². The molecule has 4 atom stereocenters. The zero-order chi connectivity index (χ0) is 17.4. The quantitative estimate of drug-likeness (QED) is 0.444. The van der Waals surface area contributed by atoms with E-state index in [-0.39, 0.29) is 12.6 Å². The first-order valence-electron chi connectivity index (χ1n) is 7.88. The van der Waals surface area contributed by atoms with Gasteiger partial charge in [0, 0.05) is 20.2 Å². The number of hydrogen-bond acceptors (Lipinski definition) is 7. The number of methoxy groups -OCH3 is 1. The molecule has 1 saturated heterocycles. The van der Waals surface area contributed by atoms with Crippen molar-refractivity contribution in [3.63, 3.8) is 0 Å². The molecule has 7 nitrogen and oxygen atoms in total. The molecule has 0 aromatic carbocycles. The van der Waals surface area contributed by atoms with Crippen LogP contribution in [0.2, 0.25) is 0 Å². The van der Waals surface area contributed by atoms with E-state index in [0.29, 0.717) is 6.42 Å². The molecule has 0 radical (unpaired) electrons. The van der Waals surface area contributed by atoms with Crippen molar-refractivity contribution in [2.75, 3.05) is 26.8 Å². The SMILES string of the molecule is CO[C@H](C)[C@](O)(C(=O)OCC1=CCN2CC[C@H](O)[C@@H]12)C(C)(C)O. The molecule has 23 heavy (non-hydrogen) atoms. The summed E-state index contributed by atoms with van der Waals surface area (Å²) in [4.78, 5) is 14.5. The molecule has 2 aliphatic heterocycles. The molecule has 0 saturated carbocycles. The fraction of sp³-hybridized carbons (Fsp3) is 0.812. The highest BCUT2D eigenvalue weighted by Gasteiger charge is 2.55. The average Bonchev–Trinajstić information content (AvgIpc) is 3.05. The molecule has 0 aromatic rings. The van der Waals surface area contributed by atoms with Gasteiger partial charge in [-0.1, -0.05) is 6.08 Å². The first-order chi connectivity index (χ1) is 10.6. The summed E-state index contributed by atoms with van der Waals surface area (Å²) in [7, 11) is 1.35. The number of carbonyl (C=O) groups excluding carboxylic acids is 1. The average molecular weight is 329 g/mol. The van der Waals surface area contributed by atoms with Gasteiger partial charge >= 0.3 is 5.97 Å². The van der Waals surface area contributed by atoms with Crippen molar-refractivity contribution in [2.45, 2.75) is 56.6 Å². The van der Waals surface area contributed by atoms with Gasteiger partial charge in [-0.25, -0.2) is 4.79 Å². The summed E-state index contributed by atoms with van der Waals surface area (Å²) in [6.45, 7) is 5.68. The Morgan fingerprint density at radius 1 is 1.48 bits per heavy atom. The molecule has 132 valence electrons. The summed E-state index contributed by atoms with van der Waals surface area (Å²) in [5, 5.41) is 30.9. The fourth-order valence-electron chi connectivity index (χ4n) is 3.37. The number of carbonyl (C=O) groups is 1. The second-order valence-corrected chi connectivity index (χ2v) is 6.85. The van der Waals surface area contributed by atoms with Crippen LogP contribution in [0.25, 0.3) is 0 Å². The number of nitrogens with zero attached hydrogens (tertiary/aromatic N) is 1. The van der Waals surface area contributed by atoms with Crippen LogP contribution in [-0.4, -0.2) is 82.4 Å². The molecule has 0 unspecified atom stereocenters. The molecular formula is C16H27NO6. The third kappa shape index (κ3) is 3.16. The maximum Gasteiger partial charge on any atom is 0.344 e. The lowest BCUT2D eigenvalue weighted by molar-refractivity contribution is -0.216. The minimum absolute atomic E-state index is 0.0219. The first-order valence-corrected chi connectivity index (χ1v) is 7.88. The molecule has 0 amide bonds. The second-order valence-electron chi connectivity index (χ2n) is 6.85. The van der Waals surface area contributed by atoms with Crippen LogP contribution < -0.4 is 0 Å². The Balaban J connectivity index is 2.06. The van der Waals surface area contributed by atoms with Crippen molar-refractivity contribution in [3.8, 4) is 0 Å². The Labute approximate surface area is 136 Å². The summed E-state index contributed by atoms with van der Waals surface area (Å²) < 4.78 is 10.3. The Hall–Kier alpha value is -0.990. The van der Waals surface area contributed by atoms with Crippen molar-refractivity contribution < 1.29 is 29.6 Å². The highest BCUT2D eigenvalue weighted by molar-refractivity contribution is 5.82. The molecule has 0 aliphatic carbocycles. The highest BCUT2D eigenvalue weighted by atomic mass is 16.6. The van der Waals surface area contributed by atoms with Gasteiger partial charge in [-0.05, 0) is 32.8 Å². The monoisotopic (exact) mass is 329 g/mol. The minimum atomic E-state index is -2.19. The Kier molecular flexibility index (Phi) is 5.18. The summed E-state index contributed by atoms with van der Waals surface area (Å²) in [5.41, 5.74) is -3.09. The zero-order valence-electron chi connectivity index (χ0n) is 14.2. The zero-order valence-corrected chi connectivity index (χ0v) is 14.2. The Morgan fingerprint density at radius 3 is 2.70 bits per heavy atom. The van der Waals surface area contributed by atoms with Gasteiger partial charge in [0.25, 0.3) is 0 Å². The normalized spacial score (nSPS) is 28.9. The lowest BCUT2D eigenvalue weighted by atomic mass is 9.81. The molecule has 2 aliphatic rings. The standard InChI is InChI=1S/C16H27NO6/c1-10(22-4)16(21,15(2,3)20)14(19)23-9-11-5-7-17-8-6-12(18)13(11)17/h5,10,12-13,18,20-21H,6-9H2,1-4H3/t10-,12+,13-,16+/m1/s1. The number of aliphatic hydroxyl groups excluding tert-OH is 1. The van der Waals surface area contributed by atoms with E-state index in [4.69, 9.17) is 9.47 Å². The smallest absolute Gasteiger partial charge is 0.344 e. The van der Waals surface area contributed by atoms with Gasteiger partial charge < -0.3 is 24.8 Å². The topological polar surface area (TPSA) is 99.5 Å². The van der Waals surface area contributed by atoms with E-state index >= 15 is 0 Å². The molecule has 7 heteroatoms. The van der Waals surface area contributed by atoms with Crippen molar-refractivity contribution >= 4 is 5.97 Å². The number of ether oxygens (including phenoxy) is 2. The van der Waals surface area contributed by atoms with Crippen LogP contribution in [0.5, 0.6) is 0 Å². The lowest BCUT2D eigenvalue weighted by Gasteiger charge is -2.40. The summed E-state index contributed by atoms with van der Waals surface area (Å²) in [6, 6.07) is -0.127. The summed E-state index contributed by atoms with van der Waals surface area (Å²) in [5.74, 6) is -0.939. The highest BCUT2D eigenvalue weighted by Crippen LogP contribution is 2.31. The Morgan fingerprint density at radius 2 is 2.13 bits per heavy atom. The van der Waals surface area contributed by atoms with Crippen LogP contribution in [0.15, 0.2) is 11.6 Å². The maximum absolute atomic E-state index is 12.4. The molecule has 0 spiro atoms. The minimum Gasteiger partial charge on any atom is -0.459 e. The van der Waals surface area contributed by atoms with E-state index in [1.54, 1.807) is 0 Å². The molecular weight excluding hydrogens is 302 g/mol. The van der Waals surface area contributed by atoms with Crippen LogP contribution >= 0.6 is 0 Å². The molecule has 2 rings (SSSR count). The van der Waals surface area contributed by atoms with Crippen molar-refractivity contribution in [1.82, 2.24) is 4.90 Å². The van der Waals surface area contributed by atoms with Crippen molar-refractivity contribution in [3.05, 3.63) is 11.6 Å². The third-order valence-corrected chi connectivity index (χ3v) is 4.99. The Bertz CT molecular complexity index is 485. The number of esters is 1. The maximum atomic E-state index is 12.4. The van der Waals surface area contributed by atoms with E-state index in [1.165, 1.54) is 27.9 Å². The third-order valence-electron chi connectivity index (χ3n) is 4.99. The predicted molar refractivity (Wildman–Crippen MR) is 82.7 cm³/mol. The van der Waals surface area contributed by atoms with E-state index in [9.17, 15) is 20.1 Å². The van der Waals surface area contributed by atoms with E-state index in [0.717, 1.165) is 18.7 Å². The number of aliphatic hydroxyl groups is 3. The van der Waals surface area contributed by atoms with Gasteiger partial charge in [0.2, 0.25) is 5.60 Å². The van der Waals surface area contributed by atoms with Crippen molar-refractivity contribution in [2.24, 2.45) is 0 Å². The van der Waals surface area contributed by atoms with Gasteiger partial charge in [0.05, 0.1) is 18.2 Å². The van der Waals surface area contributed by atoms with Crippen LogP contribution in [0.4, 0.5) is 0 Å². The molecule has 0 aromatic heterocycles. The molecule has 2 heterocycles. The molecule has 1 fully saturated rings. The van der Waals surface area contributed by atoms with E-state index in [2.05, 4.69) is 4.90 Å². The summed E-state index contributed by atoms with van der Waals surface area (Å²) in [6.07, 6.45) is 1.22. The van der Waals surface area contributed by atoms with Gasteiger partial charge in [-0.2, -0.15) is 0 Å². The predicted octanol–water partition coefficient (Wildman–Crippen LogP) is -0.558. The van der Waals surface area contributed by atoms with Crippen molar-refractivity contribution in [1.29, 1.82) is 0 Å². The fourth-order valence-corrected chi connectivity index (χ4v) is 3.37. The van der Waals surface area contributed by atoms with E-state index in [1.807, 2.05) is 6.08 Å². The van der Waals surface area contributed by atoms with Crippen LogP contribution in [0.1, 0.15) is 27.2 Å². The first kappa shape index (κ1) is 18.4. The van der Waals surface area contributed by atoms with Crippen LogP contribution in [-0.2, 0) is 14.3 Å². The van der Waals surface area contributed by atoms with Gasteiger partial charge in [0.1, 0.15) is 12.2 Å². The number of rotatable bonds is 6. The molecule has 3 N–H and O–H groups in total. The number of hydrogen-bond donors (Lipinski definition) is 3. The lowest BCUT2D eigenvalue weighted by Crippen LogP contribution is -2.63. The van der Waals surface area contributed by atoms with Crippen LogP contribution in [0.3, 0.4) is 0 Å². The van der Waals surface area contributed by atoms with Crippen LogP contribution in [0, 0.1) is 0 Å². The largest absolute Gasteiger partial charge is 0.459 e. The molecule has 0 bridgehead atoms. The second kappa shape index (κ2) is 6.49. The number of fused-ring (bicyclic) bond motifs is 1. The van der Waals surface area contributed by atoms with Gasteiger partial charge in [-0.3, -0.25) is 4.90 Å².